The fourth-order valence-corrected chi connectivity index (χ4v) is 3.48. The summed E-state index contributed by atoms with van der Waals surface area (Å²) >= 11 is 6.02. The van der Waals surface area contributed by atoms with Crippen molar-refractivity contribution < 1.29 is 9.90 Å². The number of hydrogen-bond acceptors (Lipinski definition) is 4. The van der Waals surface area contributed by atoms with Crippen LogP contribution in [0.25, 0.3) is 22.4 Å². The molecule has 0 saturated carbocycles. The van der Waals surface area contributed by atoms with Gasteiger partial charge in [-0.15, -0.1) is 0 Å². The van der Waals surface area contributed by atoms with Crippen LogP contribution in [0, 0.1) is 0 Å². The van der Waals surface area contributed by atoms with Crippen LogP contribution >= 0.6 is 11.6 Å². The summed E-state index contributed by atoms with van der Waals surface area (Å²) in [5.74, 6) is 0.0748. The molecular formula is C21H17ClN4O3. The molecule has 2 heterocycles. The van der Waals surface area contributed by atoms with Crippen molar-refractivity contribution in [2.75, 3.05) is 11.9 Å². The number of para-hydroxylation sites is 2. The molecule has 4 rings (SSSR count). The van der Waals surface area contributed by atoms with Crippen LogP contribution in [-0.2, 0) is 6.42 Å². The molecule has 8 heteroatoms. The van der Waals surface area contributed by atoms with Crippen molar-refractivity contribution in [2.24, 2.45) is 0 Å². The fourth-order valence-electron chi connectivity index (χ4n) is 3.27. The van der Waals surface area contributed by atoms with Gasteiger partial charge in [0.1, 0.15) is 5.56 Å². The van der Waals surface area contributed by atoms with E-state index in [4.69, 9.17) is 11.6 Å². The molecule has 0 aliphatic carbocycles. The predicted molar refractivity (Wildman–Crippen MR) is 113 cm³/mol. The van der Waals surface area contributed by atoms with Crippen LogP contribution in [0.2, 0.25) is 5.02 Å². The maximum absolute atomic E-state index is 12.6. The van der Waals surface area contributed by atoms with Gasteiger partial charge in [0, 0.05) is 17.8 Å². The molecule has 0 amide bonds. The Balaban J connectivity index is 1.72. The van der Waals surface area contributed by atoms with Crippen molar-refractivity contribution in [1.29, 1.82) is 0 Å². The van der Waals surface area contributed by atoms with Gasteiger partial charge >= 0.3 is 6.09 Å². The van der Waals surface area contributed by atoms with Crippen LogP contribution in [0.3, 0.4) is 0 Å². The lowest BCUT2D eigenvalue weighted by atomic mass is 10.1. The summed E-state index contributed by atoms with van der Waals surface area (Å²) in [6.07, 6.45) is 0.991. The number of aromatic nitrogens is 3. The first-order chi connectivity index (χ1) is 14.0. The minimum absolute atomic E-state index is 0.0748. The van der Waals surface area contributed by atoms with Gasteiger partial charge < -0.3 is 15.4 Å². The van der Waals surface area contributed by atoms with E-state index >= 15 is 0 Å². The Morgan fingerprint density at radius 3 is 2.79 bits per heavy atom. The van der Waals surface area contributed by atoms with Gasteiger partial charge in [-0.1, -0.05) is 35.9 Å². The molecule has 2 aromatic heterocycles. The second-order valence-electron chi connectivity index (χ2n) is 6.44. The normalized spacial score (nSPS) is 10.9. The monoisotopic (exact) mass is 408 g/mol. The molecule has 0 unspecified atom stereocenters. The summed E-state index contributed by atoms with van der Waals surface area (Å²) < 4.78 is 1.03. The average molecular weight is 409 g/mol. The SMILES string of the molecule is O=C(O)n1c(-c2c(NCCc3cccc(Cl)c3)cc[nH]c2=O)nc2ccccc21. The number of pyridine rings is 1. The van der Waals surface area contributed by atoms with E-state index in [0.717, 1.165) is 10.1 Å². The predicted octanol–water partition coefficient (Wildman–Crippen LogP) is 4.23. The highest BCUT2D eigenvalue weighted by molar-refractivity contribution is 6.30. The van der Waals surface area contributed by atoms with Crippen LogP contribution in [0.15, 0.2) is 65.6 Å². The van der Waals surface area contributed by atoms with Crippen molar-refractivity contribution in [1.82, 2.24) is 14.5 Å². The topological polar surface area (TPSA) is 100 Å². The molecule has 7 nitrogen and oxygen atoms in total. The lowest BCUT2D eigenvalue weighted by Gasteiger charge is -2.11. The van der Waals surface area contributed by atoms with E-state index in [0.29, 0.717) is 34.7 Å². The van der Waals surface area contributed by atoms with Crippen LogP contribution in [0.4, 0.5) is 10.5 Å². The van der Waals surface area contributed by atoms with Crippen molar-refractivity contribution in [3.05, 3.63) is 81.7 Å². The van der Waals surface area contributed by atoms with Gasteiger partial charge in [-0.25, -0.2) is 14.3 Å². The molecule has 29 heavy (non-hydrogen) atoms. The van der Waals surface area contributed by atoms with Gasteiger partial charge in [-0.3, -0.25) is 4.79 Å². The number of halogens is 1. The highest BCUT2D eigenvalue weighted by Gasteiger charge is 2.22. The number of carbonyl (C=O) groups is 1. The quantitative estimate of drug-likeness (QED) is 0.459. The second kappa shape index (κ2) is 7.81. The Hall–Kier alpha value is -3.58. The van der Waals surface area contributed by atoms with Crippen LogP contribution in [0.1, 0.15) is 5.56 Å². The number of fused-ring (bicyclic) bond motifs is 1. The number of imidazole rings is 1. The highest BCUT2D eigenvalue weighted by atomic mass is 35.5. The summed E-state index contributed by atoms with van der Waals surface area (Å²) in [5, 5.41) is 13.6. The smallest absolute Gasteiger partial charge is 0.417 e. The minimum Gasteiger partial charge on any atom is -0.464 e. The first-order valence-electron chi connectivity index (χ1n) is 8.96. The highest BCUT2D eigenvalue weighted by Crippen LogP contribution is 2.27. The number of benzene rings is 2. The Kier molecular flexibility index (Phi) is 5.05. The van der Waals surface area contributed by atoms with Crippen molar-refractivity contribution >= 4 is 34.4 Å². The summed E-state index contributed by atoms with van der Waals surface area (Å²) in [6, 6.07) is 16.1. The van der Waals surface area contributed by atoms with Crippen molar-refractivity contribution in [3.8, 4) is 11.4 Å². The minimum atomic E-state index is -1.21. The van der Waals surface area contributed by atoms with E-state index in [1.165, 1.54) is 6.20 Å². The largest absolute Gasteiger partial charge is 0.464 e. The van der Waals surface area contributed by atoms with Gasteiger partial charge in [0.05, 0.1) is 16.7 Å². The molecule has 0 bridgehead atoms. The van der Waals surface area contributed by atoms with E-state index in [2.05, 4.69) is 15.3 Å². The van der Waals surface area contributed by atoms with Crippen LogP contribution in [-0.4, -0.2) is 32.3 Å². The second-order valence-corrected chi connectivity index (χ2v) is 6.88. The van der Waals surface area contributed by atoms with E-state index in [9.17, 15) is 14.7 Å². The maximum Gasteiger partial charge on any atom is 0.417 e. The maximum atomic E-state index is 12.6. The lowest BCUT2D eigenvalue weighted by molar-refractivity contribution is 0.197. The molecule has 2 aromatic carbocycles. The number of nitrogens with one attached hydrogen (secondary N) is 2. The first kappa shape index (κ1) is 18.8. The molecule has 0 atom stereocenters. The third-order valence-corrected chi connectivity index (χ3v) is 4.79. The van der Waals surface area contributed by atoms with E-state index in [1.807, 2.05) is 24.3 Å². The number of rotatable bonds is 5. The molecule has 0 spiro atoms. The third-order valence-electron chi connectivity index (χ3n) is 4.55. The van der Waals surface area contributed by atoms with Gasteiger partial charge in [0.15, 0.2) is 5.82 Å². The Labute approximate surface area is 170 Å². The number of H-pyrrole nitrogens is 1. The van der Waals surface area contributed by atoms with Crippen LogP contribution < -0.4 is 10.9 Å². The molecule has 3 N–H and O–H groups in total. The zero-order chi connectivity index (χ0) is 20.4. The van der Waals surface area contributed by atoms with Crippen molar-refractivity contribution in [3.63, 3.8) is 0 Å². The summed E-state index contributed by atoms with van der Waals surface area (Å²) in [5.41, 5.74) is 2.23. The zero-order valence-electron chi connectivity index (χ0n) is 15.2. The number of anilines is 1. The summed E-state index contributed by atoms with van der Waals surface area (Å²) in [4.78, 5) is 31.5. The number of nitrogens with zero attached hydrogens (tertiary/aromatic N) is 2. The molecule has 0 saturated heterocycles. The molecule has 4 aromatic rings. The zero-order valence-corrected chi connectivity index (χ0v) is 16.0. The van der Waals surface area contributed by atoms with E-state index in [1.54, 1.807) is 30.3 Å². The molecule has 0 radical (unpaired) electrons. The number of carboxylic acid groups (broad SMARTS) is 1. The molecule has 146 valence electrons. The fraction of sp³-hybridized carbons (Fsp3) is 0.0952. The Bertz CT molecular complexity index is 1260. The van der Waals surface area contributed by atoms with E-state index in [-0.39, 0.29) is 11.4 Å². The van der Waals surface area contributed by atoms with Gasteiger partial charge in [0.2, 0.25) is 0 Å². The Morgan fingerprint density at radius 1 is 1.17 bits per heavy atom. The standard InChI is InChI=1S/C21H17ClN4O3/c22-14-5-3-4-13(12-14)8-10-23-16-9-11-24-20(27)18(16)19-25-15-6-1-2-7-17(15)26(19)21(28)29/h1-7,9,11-12H,8,10H2,(H,28,29)(H2,23,24,27). The number of hydrogen-bond donors (Lipinski definition) is 3. The lowest BCUT2D eigenvalue weighted by Crippen LogP contribution is -2.18. The first-order valence-corrected chi connectivity index (χ1v) is 9.33. The average Bonchev–Trinajstić information content (AvgIpc) is 3.07. The molecule has 0 aliphatic rings. The van der Waals surface area contributed by atoms with Gasteiger partial charge in [-0.2, -0.15) is 0 Å². The number of aromatic amines is 1. The van der Waals surface area contributed by atoms with Gasteiger partial charge in [-0.05, 0) is 42.3 Å². The van der Waals surface area contributed by atoms with Crippen molar-refractivity contribution in [2.45, 2.75) is 6.42 Å². The molecule has 0 fully saturated rings. The van der Waals surface area contributed by atoms with Gasteiger partial charge in [0.25, 0.3) is 5.56 Å². The third kappa shape index (κ3) is 3.72. The molecular weight excluding hydrogens is 392 g/mol. The van der Waals surface area contributed by atoms with E-state index < -0.39 is 11.7 Å². The Morgan fingerprint density at radius 2 is 2.00 bits per heavy atom. The summed E-state index contributed by atoms with van der Waals surface area (Å²) in [7, 11) is 0. The summed E-state index contributed by atoms with van der Waals surface area (Å²) in [6.45, 7) is 0.532. The van der Waals surface area contributed by atoms with Crippen LogP contribution in [0.5, 0.6) is 0 Å². The molecule has 0 aliphatic heterocycles.